The molecule has 4 rings (SSSR count). The minimum atomic E-state index is -0.886. The fourth-order valence-corrected chi connectivity index (χ4v) is 7.49. The van der Waals surface area contributed by atoms with E-state index in [1.807, 2.05) is 0 Å². The lowest BCUT2D eigenvalue weighted by Gasteiger charge is -2.61. The van der Waals surface area contributed by atoms with E-state index in [1.165, 1.54) is 25.7 Å². The summed E-state index contributed by atoms with van der Waals surface area (Å²) in [5.74, 6) is 5.56. The van der Waals surface area contributed by atoms with Crippen molar-refractivity contribution in [1.29, 1.82) is 0 Å². The Morgan fingerprint density at radius 3 is 2.43 bits per heavy atom. The highest BCUT2D eigenvalue weighted by molar-refractivity contribution is 5.23. The summed E-state index contributed by atoms with van der Waals surface area (Å²) < 4.78 is 0. The van der Waals surface area contributed by atoms with Crippen LogP contribution in [0.3, 0.4) is 0 Å². The van der Waals surface area contributed by atoms with Crippen molar-refractivity contribution < 1.29 is 10.2 Å². The van der Waals surface area contributed by atoms with E-state index in [0.29, 0.717) is 17.3 Å². The van der Waals surface area contributed by atoms with Crippen LogP contribution in [0.1, 0.15) is 71.6 Å². The Morgan fingerprint density at radius 2 is 1.70 bits per heavy atom. The first-order valence-electron chi connectivity index (χ1n) is 9.72. The Hall–Kier alpha value is -0.520. The second-order valence-electron chi connectivity index (χ2n) is 9.58. The molecule has 2 nitrogen and oxygen atoms in total. The molecular weight excluding hydrogens is 284 g/mol. The minimum absolute atomic E-state index is 0.0727. The van der Waals surface area contributed by atoms with Crippen molar-refractivity contribution in [2.75, 3.05) is 0 Å². The van der Waals surface area contributed by atoms with E-state index in [9.17, 15) is 10.2 Å². The first kappa shape index (κ1) is 16.0. The number of aliphatic hydroxyl groups excluding tert-OH is 1. The van der Waals surface area contributed by atoms with E-state index in [1.54, 1.807) is 0 Å². The zero-order chi connectivity index (χ0) is 16.5. The number of fused-ring (bicyclic) bond motifs is 5. The van der Waals surface area contributed by atoms with Gasteiger partial charge in [0.2, 0.25) is 0 Å². The molecule has 0 aromatic carbocycles. The van der Waals surface area contributed by atoms with Crippen LogP contribution in [0.2, 0.25) is 0 Å². The molecule has 2 heteroatoms. The SMILES string of the molecule is C#C[C@]1(O)CCC2C3CCC4C[C@H](O)CC[C@]4(C)C3CC[C@@]21C. The van der Waals surface area contributed by atoms with Crippen LogP contribution in [0.5, 0.6) is 0 Å². The predicted octanol–water partition coefficient (Wildman–Crippen LogP) is 3.75. The van der Waals surface area contributed by atoms with Crippen molar-refractivity contribution in [2.24, 2.45) is 34.5 Å². The van der Waals surface area contributed by atoms with Gasteiger partial charge in [0.1, 0.15) is 5.60 Å². The maximum atomic E-state index is 11.0. The molecule has 23 heavy (non-hydrogen) atoms. The van der Waals surface area contributed by atoms with Gasteiger partial charge in [-0.3, -0.25) is 0 Å². The summed E-state index contributed by atoms with van der Waals surface area (Å²) in [5, 5.41) is 21.1. The van der Waals surface area contributed by atoms with Crippen LogP contribution in [0.15, 0.2) is 0 Å². The lowest BCUT2D eigenvalue weighted by molar-refractivity contribution is -0.144. The van der Waals surface area contributed by atoms with Crippen molar-refractivity contribution in [3.63, 3.8) is 0 Å². The molecule has 0 radical (unpaired) electrons. The van der Waals surface area contributed by atoms with Crippen LogP contribution in [-0.4, -0.2) is 21.9 Å². The van der Waals surface area contributed by atoms with Gasteiger partial charge in [-0.2, -0.15) is 0 Å². The normalized spacial score (nSPS) is 58.7. The summed E-state index contributed by atoms with van der Waals surface area (Å²) in [6.45, 7) is 4.77. The molecule has 4 fully saturated rings. The van der Waals surface area contributed by atoms with Gasteiger partial charge in [-0.1, -0.05) is 19.8 Å². The van der Waals surface area contributed by atoms with Crippen LogP contribution in [0, 0.1) is 46.8 Å². The van der Waals surface area contributed by atoms with Gasteiger partial charge in [0.25, 0.3) is 0 Å². The van der Waals surface area contributed by atoms with Crippen molar-refractivity contribution in [1.82, 2.24) is 0 Å². The lowest BCUT2D eigenvalue weighted by Crippen LogP contribution is -2.56. The second-order valence-corrected chi connectivity index (χ2v) is 9.58. The Balaban J connectivity index is 1.65. The Morgan fingerprint density at radius 1 is 0.957 bits per heavy atom. The predicted molar refractivity (Wildman–Crippen MR) is 91.5 cm³/mol. The van der Waals surface area contributed by atoms with Gasteiger partial charge in [0, 0.05) is 5.41 Å². The first-order valence-corrected chi connectivity index (χ1v) is 9.72. The number of aliphatic hydroxyl groups is 2. The average molecular weight is 316 g/mol. The van der Waals surface area contributed by atoms with Crippen molar-refractivity contribution in [2.45, 2.75) is 83.3 Å². The van der Waals surface area contributed by atoms with Crippen LogP contribution in [0.25, 0.3) is 0 Å². The third-order valence-corrected chi connectivity index (χ3v) is 9.03. The lowest BCUT2D eigenvalue weighted by atomic mass is 9.44. The summed E-state index contributed by atoms with van der Waals surface area (Å²) in [6, 6.07) is 0. The summed E-state index contributed by atoms with van der Waals surface area (Å²) >= 11 is 0. The molecular formula is C21H32O2. The summed E-state index contributed by atoms with van der Waals surface area (Å²) in [6.07, 6.45) is 15.6. The largest absolute Gasteiger partial charge is 0.393 e. The fourth-order valence-electron chi connectivity index (χ4n) is 7.49. The molecule has 8 atom stereocenters. The van der Waals surface area contributed by atoms with Gasteiger partial charge in [0.15, 0.2) is 0 Å². The van der Waals surface area contributed by atoms with Gasteiger partial charge < -0.3 is 10.2 Å². The zero-order valence-corrected chi connectivity index (χ0v) is 14.7. The smallest absolute Gasteiger partial charge is 0.130 e. The van der Waals surface area contributed by atoms with Crippen LogP contribution >= 0.6 is 0 Å². The number of terminal acetylenes is 1. The van der Waals surface area contributed by atoms with E-state index in [-0.39, 0.29) is 11.5 Å². The second kappa shape index (κ2) is 4.99. The quantitative estimate of drug-likeness (QED) is 0.668. The highest BCUT2D eigenvalue weighted by atomic mass is 16.3. The van der Waals surface area contributed by atoms with Gasteiger partial charge in [-0.25, -0.2) is 0 Å². The highest BCUT2D eigenvalue weighted by Crippen LogP contribution is 2.68. The maximum absolute atomic E-state index is 11.0. The molecule has 0 heterocycles. The van der Waals surface area contributed by atoms with Gasteiger partial charge in [-0.05, 0) is 86.9 Å². The molecule has 128 valence electrons. The van der Waals surface area contributed by atoms with Crippen LogP contribution in [-0.2, 0) is 0 Å². The van der Waals surface area contributed by atoms with Crippen molar-refractivity contribution in [3.05, 3.63) is 0 Å². The van der Waals surface area contributed by atoms with E-state index in [0.717, 1.165) is 43.9 Å². The zero-order valence-electron chi connectivity index (χ0n) is 14.7. The van der Waals surface area contributed by atoms with Gasteiger partial charge >= 0.3 is 0 Å². The summed E-state index contributed by atoms with van der Waals surface area (Å²) in [4.78, 5) is 0. The first-order chi connectivity index (χ1) is 10.8. The molecule has 0 saturated heterocycles. The number of rotatable bonds is 0. The monoisotopic (exact) mass is 316 g/mol. The molecule has 0 aromatic heterocycles. The molecule has 0 aliphatic heterocycles. The fraction of sp³-hybridized carbons (Fsp3) is 0.905. The number of hydrogen-bond donors (Lipinski definition) is 2. The molecule has 2 N–H and O–H groups in total. The number of hydrogen-bond acceptors (Lipinski definition) is 2. The highest BCUT2D eigenvalue weighted by Gasteiger charge is 2.64. The minimum Gasteiger partial charge on any atom is -0.393 e. The van der Waals surface area contributed by atoms with Crippen molar-refractivity contribution in [3.8, 4) is 12.3 Å². The molecule has 4 aliphatic carbocycles. The molecule has 0 aromatic rings. The Bertz CT molecular complexity index is 536. The van der Waals surface area contributed by atoms with Gasteiger partial charge in [0.05, 0.1) is 6.10 Å². The molecule has 0 bridgehead atoms. The molecule has 4 unspecified atom stereocenters. The Kier molecular flexibility index (Phi) is 3.47. The van der Waals surface area contributed by atoms with E-state index < -0.39 is 5.60 Å². The topological polar surface area (TPSA) is 40.5 Å². The standard InChI is InChI=1S/C21H32O2/c1-4-21(23)12-9-18-16-6-5-14-13-15(22)7-10-19(14,2)17(16)8-11-20(18,21)3/h1,14-18,22-23H,5-13H2,2-3H3/t14?,15-,16?,17?,18?,19+,20+,21+/m1/s1. The van der Waals surface area contributed by atoms with Crippen LogP contribution in [0.4, 0.5) is 0 Å². The summed E-state index contributed by atoms with van der Waals surface area (Å²) in [7, 11) is 0. The maximum Gasteiger partial charge on any atom is 0.130 e. The third-order valence-electron chi connectivity index (χ3n) is 9.03. The van der Waals surface area contributed by atoms with Gasteiger partial charge in [-0.15, -0.1) is 6.42 Å². The molecule has 4 aliphatic rings. The van der Waals surface area contributed by atoms with Crippen molar-refractivity contribution >= 4 is 0 Å². The summed E-state index contributed by atoms with van der Waals surface area (Å²) in [5.41, 5.74) is -0.566. The van der Waals surface area contributed by atoms with Crippen LogP contribution < -0.4 is 0 Å². The van der Waals surface area contributed by atoms with E-state index >= 15 is 0 Å². The van der Waals surface area contributed by atoms with E-state index in [4.69, 9.17) is 6.42 Å². The molecule has 4 saturated carbocycles. The van der Waals surface area contributed by atoms with E-state index in [2.05, 4.69) is 19.8 Å². The Labute approximate surface area is 141 Å². The molecule has 0 amide bonds. The average Bonchev–Trinajstić information content (AvgIpc) is 2.80. The third kappa shape index (κ3) is 1.96. The molecule has 0 spiro atoms.